The number of ether oxygens (including phenoxy) is 1. The van der Waals surface area contributed by atoms with Crippen molar-refractivity contribution >= 4 is 17.7 Å². The van der Waals surface area contributed by atoms with Gasteiger partial charge in [0, 0.05) is 11.1 Å². The van der Waals surface area contributed by atoms with Gasteiger partial charge in [-0.05, 0) is 49.4 Å². The molecule has 1 atom stereocenters. The third kappa shape index (κ3) is 4.62. The molecule has 8 heteroatoms. The van der Waals surface area contributed by atoms with Crippen LogP contribution >= 0.6 is 0 Å². The Morgan fingerprint density at radius 3 is 2.24 bits per heavy atom. The fourth-order valence-corrected chi connectivity index (χ4v) is 4.57. The summed E-state index contributed by atoms with van der Waals surface area (Å²) in [6.07, 6.45) is 0.0149. The van der Waals surface area contributed by atoms with Crippen molar-refractivity contribution in [3.8, 4) is 28.5 Å². The second kappa shape index (κ2) is 9.87. The smallest absolute Gasteiger partial charge is 0.412 e. The number of nitriles is 1. The fourth-order valence-electron chi connectivity index (χ4n) is 4.57. The van der Waals surface area contributed by atoms with Gasteiger partial charge in [0.2, 0.25) is 0 Å². The molecular formula is C30H25N3O5. The van der Waals surface area contributed by atoms with Crippen LogP contribution in [0, 0.1) is 18.3 Å². The Kier molecular flexibility index (Phi) is 6.43. The molecule has 1 heterocycles. The number of aliphatic carboxylic acids is 1. The number of aromatic nitrogens is 1. The highest BCUT2D eigenvalue weighted by Crippen LogP contribution is 2.48. The molecule has 1 amide bonds. The van der Waals surface area contributed by atoms with Crippen molar-refractivity contribution < 1.29 is 24.0 Å². The first-order chi connectivity index (χ1) is 18.3. The minimum absolute atomic E-state index is 0.392. The number of nitrogens with zero attached hydrogens (tertiary/aromatic N) is 2. The summed E-state index contributed by atoms with van der Waals surface area (Å²) in [6.45, 7) is 3.42. The first kappa shape index (κ1) is 24.8. The van der Waals surface area contributed by atoms with E-state index < -0.39 is 23.6 Å². The third-order valence-corrected chi connectivity index (χ3v) is 6.97. The summed E-state index contributed by atoms with van der Waals surface area (Å²) >= 11 is 0. The molecule has 1 aromatic heterocycles. The lowest BCUT2D eigenvalue weighted by atomic mass is 9.93. The van der Waals surface area contributed by atoms with Crippen molar-refractivity contribution in [3.05, 3.63) is 95.2 Å². The van der Waals surface area contributed by atoms with E-state index in [1.165, 1.54) is 0 Å². The molecule has 3 aromatic carbocycles. The van der Waals surface area contributed by atoms with Gasteiger partial charge >= 0.3 is 12.1 Å². The second-order valence-electron chi connectivity index (χ2n) is 9.39. The van der Waals surface area contributed by atoms with E-state index in [2.05, 4.69) is 16.5 Å². The molecule has 5 rings (SSSR count). The molecule has 0 bridgehead atoms. The van der Waals surface area contributed by atoms with E-state index in [9.17, 15) is 20.0 Å². The van der Waals surface area contributed by atoms with Crippen LogP contribution in [0.3, 0.4) is 0 Å². The van der Waals surface area contributed by atoms with Gasteiger partial charge in [0.05, 0.1) is 17.0 Å². The van der Waals surface area contributed by atoms with E-state index in [1.54, 1.807) is 38.1 Å². The zero-order valence-corrected chi connectivity index (χ0v) is 20.9. The standard InChI is InChI=1S/C30H25N3O5/c1-18-26(32-29(36)37-19(2)25-6-4-3-5-23(25)17-31)27(38-33-18)22-9-7-20(8-10-22)21-11-13-24(14-12-21)30(15-16-30)28(34)35/h3-14,19H,15-16H2,1-2H3,(H,32,36)(H,34,35)/t19-/m1/s1. The van der Waals surface area contributed by atoms with Gasteiger partial charge in [0.25, 0.3) is 0 Å². The van der Waals surface area contributed by atoms with Gasteiger partial charge in [-0.15, -0.1) is 0 Å². The number of amides is 1. The van der Waals surface area contributed by atoms with Crippen molar-refractivity contribution in [1.29, 1.82) is 5.26 Å². The molecule has 2 N–H and O–H groups in total. The number of rotatable bonds is 7. The predicted octanol–water partition coefficient (Wildman–Crippen LogP) is 6.61. The monoisotopic (exact) mass is 507 g/mol. The molecule has 38 heavy (non-hydrogen) atoms. The van der Waals surface area contributed by atoms with Crippen molar-refractivity contribution in [2.24, 2.45) is 0 Å². The van der Waals surface area contributed by atoms with Gasteiger partial charge in [0.1, 0.15) is 17.5 Å². The second-order valence-corrected chi connectivity index (χ2v) is 9.39. The average molecular weight is 508 g/mol. The Hall–Kier alpha value is -4.90. The molecule has 4 aromatic rings. The van der Waals surface area contributed by atoms with E-state index in [4.69, 9.17) is 9.26 Å². The summed E-state index contributed by atoms with van der Waals surface area (Å²) < 4.78 is 11.0. The Labute approximate surface area is 219 Å². The number of aryl methyl sites for hydroxylation is 1. The maximum absolute atomic E-state index is 12.7. The van der Waals surface area contributed by atoms with Crippen molar-refractivity contribution in [3.63, 3.8) is 0 Å². The maximum atomic E-state index is 12.7. The Bertz CT molecular complexity index is 1540. The molecule has 8 nitrogen and oxygen atoms in total. The van der Waals surface area contributed by atoms with E-state index in [1.807, 2.05) is 48.5 Å². The maximum Gasteiger partial charge on any atom is 0.412 e. The zero-order chi connectivity index (χ0) is 26.9. The van der Waals surface area contributed by atoms with Gasteiger partial charge in [-0.1, -0.05) is 71.9 Å². The van der Waals surface area contributed by atoms with Crippen LogP contribution in [0.5, 0.6) is 0 Å². The number of carboxylic acids is 1. The van der Waals surface area contributed by atoms with Crippen LogP contribution in [-0.2, 0) is 14.9 Å². The lowest BCUT2D eigenvalue weighted by molar-refractivity contribution is -0.140. The highest BCUT2D eigenvalue weighted by atomic mass is 16.6. The SMILES string of the molecule is Cc1noc(-c2ccc(-c3ccc(C4(C(=O)O)CC4)cc3)cc2)c1NC(=O)O[C@H](C)c1ccccc1C#N. The van der Waals surface area contributed by atoms with E-state index in [0.717, 1.165) is 16.7 Å². The lowest BCUT2D eigenvalue weighted by Crippen LogP contribution is -2.19. The third-order valence-electron chi connectivity index (χ3n) is 6.97. The van der Waals surface area contributed by atoms with Gasteiger partial charge in [0.15, 0.2) is 5.76 Å². The minimum atomic E-state index is -0.772. The Morgan fingerprint density at radius 1 is 1.03 bits per heavy atom. The predicted molar refractivity (Wildman–Crippen MR) is 140 cm³/mol. The molecule has 1 saturated carbocycles. The van der Waals surface area contributed by atoms with Crippen LogP contribution < -0.4 is 5.32 Å². The van der Waals surface area contributed by atoms with Gasteiger partial charge in [-0.3, -0.25) is 10.1 Å². The number of anilines is 1. The summed E-state index contributed by atoms with van der Waals surface area (Å²) in [6, 6.07) is 24.3. The number of carbonyl (C=O) groups is 2. The summed E-state index contributed by atoms with van der Waals surface area (Å²) in [5, 5.41) is 25.6. The first-order valence-corrected chi connectivity index (χ1v) is 12.2. The fraction of sp³-hybridized carbons (Fsp3) is 0.200. The number of carbonyl (C=O) groups excluding carboxylic acids is 1. The molecular weight excluding hydrogens is 482 g/mol. The van der Waals surface area contributed by atoms with Crippen molar-refractivity contribution in [1.82, 2.24) is 5.16 Å². The van der Waals surface area contributed by atoms with E-state index in [0.29, 0.717) is 46.7 Å². The van der Waals surface area contributed by atoms with Gasteiger partial charge in [-0.2, -0.15) is 5.26 Å². The van der Waals surface area contributed by atoms with Crippen molar-refractivity contribution in [2.45, 2.75) is 38.2 Å². The summed E-state index contributed by atoms with van der Waals surface area (Å²) in [5.74, 6) is -0.379. The molecule has 0 saturated heterocycles. The minimum Gasteiger partial charge on any atom is -0.481 e. The number of hydrogen-bond donors (Lipinski definition) is 2. The molecule has 1 aliphatic carbocycles. The molecule has 0 spiro atoms. The number of carboxylic acid groups (broad SMARTS) is 1. The van der Waals surface area contributed by atoms with E-state index >= 15 is 0 Å². The van der Waals surface area contributed by atoms with Crippen LogP contribution in [-0.4, -0.2) is 22.3 Å². The normalized spacial score (nSPS) is 14.2. The van der Waals surface area contributed by atoms with Crippen LogP contribution in [0.1, 0.15) is 48.3 Å². The number of nitrogens with one attached hydrogen (secondary N) is 1. The lowest BCUT2D eigenvalue weighted by Gasteiger charge is -2.15. The summed E-state index contributed by atoms with van der Waals surface area (Å²) in [5.41, 5.74) is 4.69. The van der Waals surface area contributed by atoms with Crippen molar-refractivity contribution in [2.75, 3.05) is 5.32 Å². The van der Waals surface area contributed by atoms with E-state index in [-0.39, 0.29) is 0 Å². The number of benzene rings is 3. The van der Waals surface area contributed by atoms with Gasteiger partial charge < -0.3 is 14.4 Å². The molecule has 0 radical (unpaired) electrons. The molecule has 190 valence electrons. The quantitative estimate of drug-likeness (QED) is 0.288. The first-order valence-electron chi connectivity index (χ1n) is 12.2. The number of hydrogen-bond acceptors (Lipinski definition) is 6. The summed E-state index contributed by atoms with van der Waals surface area (Å²) in [7, 11) is 0. The molecule has 0 aliphatic heterocycles. The Balaban J connectivity index is 1.30. The Morgan fingerprint density at radius 2 is 1.63 bits per heavy atom. The van der Waals surface area contributed by atoms with Crippen LogP contribution in [0.2, 0.25) is 0 Å². The molecule has 1 fully saturated rings. The van der Waals surface area contributed by atoms with Crippen LogP contribution in [0.15, 0.2) is 77.3 Å². The molecule has 1 aliphatic rings. The van der Waals surface area contributed by atoms with Gasteiger partial charge in [-0.25, -0.2) is 4.79 Å². The zero-order valence-electron chi connectivity index (χ0n) is 20.9. The highest BCUT2D eigenvalue weighted by molar-refractivity contribution is 5.91. The largest absolute Gasteiger partial charge is 0.481 e. The summed E-state index contributed by atoms with van der Waals surface area (Å²) in [4.78, 5) is 24.3. The highest BCUT2D eigenvalue weighted by Gasteiger charge is 2.51. The molecule has 0 unspecified atom stereocenters. The average Bonchev–Trinajstić information content (AvgIpc) is 3.68. The van der Waals surface area contributed by atoms with Crippen LogP contribution in [0.25, 0.3) is 22.5 Å². The topological polar surface area (TPSA) is 125 Å². The van der Waals surface area contributed by atoms with Crippen LogP contribution in [0.4, 0.5) is 10.5 Å².